The van der Waals surface area contributed by atoms with Gasteiger partial charge in [0.2, 0.25) is 5.91 Å². The Kier molecular flexibility index (Phi) is 7.41. The Balaban J connectivity index is 0.00000176. The molecular formula is C16H29ClN2O3. The van der Waals surface area contributed by atoms with Crippen LogP contribution < -0.4 is 5.32 Å². The fraction of sp³-hybridized carbons (Fsp3) is 0.938. The number of carbonyl (C=O) groups excluding carboxylic acids is 1. The van der Waals surface area contributed by atoms with Gasteiger partial charge < -0.3 is 19.7 Å². The smallest absolute Gasteiger partial charge is 0.224 e. The molecule has 6 heteroatoms. The van der Waals surface area contributed by atoms with E-state index >= 15 is 0 Å². The molecule has 0 bridgehead atoms. The van der Waals surface area contributed by atoms with Crippen molar-refractivity contribution in [2.75, 3.05) is 32.8 Å². The van der Waals surface area contributed by atoms with Gasteiger partial charge in [-0.25, -0.2) is 0 Å². The molecule has 0 spiro atoms. The quantitative estimate of drug-likeness (QED) is 0.852. The summed E-state index contributed by atoms with van der Waals surface area (Å²) in [4.78, 5) is 14.3. The molecule has 1 aliphatic carbocycles. The summed E-state index contributed by atoms with van der Waals surface area (Å²) in [5, 5.41) is 3.35. The molecule has 0 aromatic carbocycles. The van der Waals surface area contributed by atoms with Gasteiger partial charge >= 0.3 is 0 Å². The zero-order valence-electron chi connectivity index (χ0n) is 13.3. The second-order valence-corrected chi connectivity index (χ2v) is 6.55. The van der Waals surface area contributed by atoms with Crippen LogP contribution in [0.1, 0.15) is 44.9 Å². The Labute approximate surface area is 139 Å². The summed E-state index contributed by atoms with van der Waals surface area (Å²) in [5.74, 6) is 0.261. The third-order valence-electron chi connectivity index (χ3n) is 4.90. The molecule has 2 aliphatic heterocycles. The number of carbonyl (C=O) groups is 1. The lowest BCUT2D eigenvalue weighted by Crippen LogP contribution is -2.47. The van der Waals surface area contributed by atoms with E-state index in [1.54, 1.807) is 0 Å². The average molecular weight is 333 g/mol. The van der Waals surface area contributed by atoms with Crippen LogP contribution in [0.3, 0.4) is 0 Å². The van der Waals surface area contributed by atoms with Gasteiger partial charge in [0, 0.05) is 32.1 Å². The third kappa shape index (κ3) is 5.08. The van der Waals surface area contributed by atoms with Crippen molar-refractivity contribution in [2.45, 2.75) is 63.2 Å². The first-order valence-electron chi connectivity index (χ1n) is 8.55. The Hall–Kier alpha value is -0.360. The largest absolute Gasteiger partial charge is 0.378 e. The number of rotatable bonds is 4. The molecule has 0 aromatic heterocycles. The zero-order valence-corrected chi connectivity index (χ0v) is 14.1. The van der Waals surface area contributed by atoms with Gasteiger partial charge in [-0.2, -0.15) is 0 Å². The highest BCUT2D eigenvalue weighted by Gasteiger charge is 2.28. The molecule has 2 heterocycles. The van der Waals surface area contributed by atoms with Gasteiger partial charge in [-0.15, -0.1) is 12.4 Å². The van der Waals surface area contributed by atoms with E-state index in [1.165, 1.54) is 25.7 Å². The number of hydrogen-bond donors (Lipinski definition) is 1. The molecule has 3 fully saturated rings. The minimum absolute atomic E-state index is 0. The van der Waals surface area contributed by atoms with Crippen molar-refractivity contribution in [2.24, 2.45) is 0 Å². The Morgan fingerprint density at radius 1 is 1.14 bits per heavy atom. The van der Waals surface area contributed by atoms with Crippen LogP contribution in [0.15, 0.2) is 0 Å². The molecule has 1 saturated carbocycles. The molecule has 3 aliphatic rings. The van der Waals surface area contributed by atoms with Crippen LogP contribution in [-0.2, 0) is 14.3 Å². The molecule has 1 unspecified atom stereocenters. The summed E-state index contributed by atoms with van der Waals surface area (Å²) < 4.78 is 11.6. The van der Waals surface area contributed by atoms with E-state index in [9.17, 15) is 4.79 Å². The second-order valence-electron chi connectivity index (χ2n) is 6.55. The molecule has 2 saturated heterocycles. The number of likely N-dealkylation sites (tertiary alicyclic amines) is 1. The molecule has 1 atom stereocenters. The fourth-order valence-electron chi connectivity index (χ4n) is 3.63. The standard InChI is InChI=1S/C16H28N2O3.ClH/c19-16(11-13-12-20-10-7-17-13)18-8-5-15(6-9-18)21-14-3-1-2-4-14;/h13-15,17H,1-12H2;1H. The number of ether oxygens (including phenoxy) is 2. The number of nitrogens with zero attached hydrogens (tertiary/aromatic N) is 1. The van der Waals surface area contributed by atoms with Gasteiger partial charge in [0.15, 0.2) is 0 Å². The Bertz CT molecular complexity index is 336. The number of morpholine rings is 1. The van der Waals surface area contributed by atoms with E-state index in [2.05, 4.69) is 5.32 Å². The van der Waals surface area contributed by atoms with Crippen LogP contribution in [0.4, 0.5) is 0 Å². The number of halogens is 1. The zero-order chi connectivity index (χ0) is 14.5. The molecule has 3 rings (SSSR count). The molecule has 128 valence electrons. The number of hydrogen-bond acceptors (Lipinski definition) is 4. The SMILES string of the molecule is Cl.O=C(CC1COCCN1)N1CCC(OC2CCCC2)CC1. The number of piperidine rings is 1. The van der Waals surface area contributed by atoms with Crippen LogP contribution >= 0.6 is 12.4 Å². The van der Waals surface area contributed by atoms with Crippen molar-refractivity contribution in [1.82, 2.24) is 10.2 Å². The number of amides is 1. The number of nitrogens with one attached hydrogen (secondary N) is 1. The predicted molar refractivity (Wildman–Crippen MR) is 87.4 cm³/mol. The maximum Gasteiger partial charge on any atom is 0.224 e. The lowest BCUT2D eigenvalue weighted by molar-refractivity contribution is -0.135. The summed E-state index contributed by atoms with van der Waals surface area (Å²) in [6, 6.07) is 0.193. The van der Waals surface area contributed by atoms with Crippen LogP contribution in [0.25, 0.3) is 0 Å². The monoisotopic (exact) mass is 332 g/mol. The summed E-state index contributed by atoms with van der Waals surface area (Å²) >= 11 is 0. The molecule has 0 radical (unpaired) electrons. The van der Waals surface area contributed by atoms with Gasteiger partial charge in [-0.1, -0.05) is 12.8 Å². The first-order chi connectivity index (χ1) is 10.3. The molecule has 5 nitrogen and oxygen atoms in total. The average Bonchev–Trinajstić information content (AvgIpc) is 3.02. The molecule has 1 N–H and O–H groups in total. The lowest BCUT2D eigenvalue weighted by Gasteiger charge is -2.34. The lowest BCUT2D eigenvalue weighted by atomic mass is 10.1. The van der Waals surface area contributed by atoms with Crippen LogP contribution in [0, 0.1) is 0 Å². The highest BCUT2D eigenvalue weighted by atomic mass is 35.5. The molecule has 1 amide bonds. The Morgan fingerprint density at radius 2 is 1.82 bits per heavy atom. The van der Waals surface area contributed by atoms with Crippen molar-refractivity contribution in [3.05, 3.63) is 0 Å². The van der Waals surface area contributed by atoms with Crippen molar-refractivity contribution < 1.29 is 14.3 Å². The van der Waals surface area contributed by atoms with Crippen molar-refractivity contribution in [3.8, 4) is 0 Å². The maximum absolute atomic E-state index is 12.3. The van der Waals surface area contributed by atoms with E-state index in [0.29, 0.717) is 25.2 Å². The highest BCUT2D eigenvalue weighted by Crippen LogP contribution is 2.25. The van der Waals surface area contributed by atoms with Gasteiger partial charge in [-0.3, -0.25) is 4.79 Å². The third-order valence-corrected chi connectivity index (χ3v) is 4.90. The Morgan fingerprint density at radius 3 is 2.45 bits per heavy atom. The van der Waals surface area contributed by atoms with E-state index in [-0.39, 0.29) is 24.4 Å². The predicted octanol–water partition coefficient (Wildman–Crippen LogP) is 1.74. The summed E-state index contributed by atoms with van der Waals surface area (Å²) in [5.41, 5.74) is 0. The van der Waals surface area contributed by atoms with E-state index in [4.69, 9.17) is 9.47 Å². The summed E-state index contributed by atoms with van der Waals surface area (Å²) in [6.45, 7) is 3.98. The summed E-state index contributed by atoms with van der Waals surface area (Å²) in [7, 11) is 0. The summed E-state index contributed by atoms with van der Waals surface area (Å²) in [6.07, 6.45) is 8.51. The van der Waals surface area contributed by atoms with E-state index in [0.717, 1.165) is 39.1 Å². The van der Waals surface area contributed by atoms with Crippen molar-refractivity contribution >= 4 is 18.3 Å². The van der Waals surface area contributed by atoms with Gasteiger partial charge in [0.1, 0.15) is 0 Å². The van der Waals surface area contributed by atoms with Crippen LogP contribution in [0.5, 0.6) is 0 Å². The first kappa shape index (κ1) is 18.0. The molecular weight excluding hydrogens is 304 g/mol. The first-order valence-corrected chi connectivity index (χ1v) is 8.55. The highest BCUT2D eigenvalue weighted by molar-refractivity contribution is 5.85. The van der Waals surface area contributed by atoms with Crippen molar-refractivity contribution in [3.63, 3.8) is 0 Å². The van der Waals surface area contributed by atoms with E-state index < -0.39 is 0 Å². The topological polar surface area (TPSA) is 50.8 Å². The molecule has 0 aromatic rings. The fourth-order valence-corrected chi connectivity index (χ4v) is 3.63. The van der Waals surface area contributed by atoms with Crippen LogP contribution in [0.2, 0.25) is 0 Å². The van der Waals surface area contributed by atoms with Crippen molar-refractivity contribution in [1.29, 1.82) is 0 Å². The van der Waals surface area contributed by atoms with Crippen LogP contribution in [-0.4, -0.2) is 61.9 Å². The maximum atomic E-state index is 12.3. The van der Waals surface area contributed by atoms with E-state index in [1.807, 2.05) is 4.90 Å². The minimum Gasteiger partial charge on any atom is -0.378 e. The van der Waals surface area contributed by atoms with Gasteiger partial charge in [0.05, 0.1) is 25.4 Å². The minimum atomic E-state index is 0. The normalized spacial score (nSPS) is 27.6. The van der Waals surface area contributed by atoms with Gasteiger partial charge in [0.25, 0.3) is 0 Å². The second kappa shape index (κ2) is 9.06. The molecule has 22 heavy (non-hydrogen) atoms. The van der Waals surface area contributed by atoms with Gasteiger partial charge in [-0.05, 0) is 25.7 Å².